The Morgan fingerprint density at radius 3 is 2.53 bits per heavy atom. The Hall–Kier alpha value is -3.71. The number of aryl methyl sites for hydroxylation is 1. The molecule has 0 aliphatic heterocycles. The number of rotatable bonds is 5. The first-order valence-corrected chi connectivity index (χ1v) is 10.5. The van der Waals surface area contributed by atoms with Crippen molar-refractivity contribution in [3.05, 3.63) is 82.6 Å². The van der Waals surface area contributed by atoms with E-state index in [1.165, 1.54) is 4.68 Å². The number of hydrogen-bond donors (Lipinski definition) is 2. The van der Waals surface area contributed by atoms with Crippen LogP contribution in [0.25, 0.3) is 16.7 Å². The van der Waals surface area contributed by atoms with Crippen LogP contribution in [0.4, 0.5) is 5.69 Å². The molecular formula is C24H22ClN5O2. The minimum atomic E-state index is -0.423. The van der Waals surface area contributed by atoms with E-state index in [2.05, 4.69) is 20.7 Å². The molecule has 8 heteroatoms. The number of carbonyl (C=O) groups is 2. The van der Waals surface area contributed by atoms with Gasteiger partial charge in [0.1, 0.15) is 5.69 Å². The predicted octanol–water partition coefficient (Wildman–Crippen LogP) is 4.77. The maximum absolute atomic E-state index is 13.6. The van der Waals surface area contributed by atoms with Crippen LogP contribution >= 0.6 is 11.6 Å². The zero-order chi connectivity index (χ0) is 22.8. The number of carbonyl (C=O) groups excluding carboxylic acids is 2. The molecule has 0 atom stereocenters. The first kappa shape index (κ1) is 21.5. The average molecular weight is 448 g/mol. The van der Waals surface area contributed by atoms with Crippen LogP contribution in [0.3, 0.4) is 0 Å². The van der Waals surface area contributed by atoms with Crippen molar-refractivity contribution in [2.24, 2.45) is 0 Å². The van der Waals surface area contributed by atoms with E-state index in [9.17, 15) is 9.59 Å². The smallest absolute Gasteiger partial charge is 0.275 e. The zero-order valence-electron chi connectivity index (χ0n) is 17.9. The summed E-state index contributed by atoms with van der Waals surface area (Å²) >= 11 is 6.36. The topological polar surface area (TPSA) is 88.9 Å². The first-order chi connectivity index (χ1) is 15.4. The highest BCUT2D eigenvalue weighted by molar-refractivity contribution is 6.32. The molecule has 2 heterocycles. The standard InChI is InChI=1S/C24H22ClN5O2/c1-14(2)27-23(31)17-10-6-8-15(3)20(17)28-24(32)21-16-9-4-5-12-19(16)29-30(21)22-18(25)11-7-13-26-22/h4-14H,1-3H3,(H,27,31)(H,28,32). The summed E-state index contributed by atoms with van der Waals surface area (Å²) in [4.78, 5) is 30.6. The van der Waals surface area contributed by atoms with Crippen molar-refractivity contribution in [2.45, 2.75) is 26.8 Å². The largest absolute Gasteiger partial charge is 0.350 e. The fourth-order valence-corrected chi connectivity index (χ4v) is 3.68. The van der Waals surface area contributed by atoms with Gasteiger partial charge in [-0.25, -0.2) is 9.67 Å². The molecular weight excluding hydrogens is 426 g/mol. The van der Waals surface area contributed by atoms with Gasteiger partial charge in [-0.1, -0.05) is 41.9 Å². The van der Waals surface area contributed by atoms with Crippen molar-refractivity contribution in [1.82, 2.24) is 20.1 Å². The molecule has 32 heavy (non-hydrogen) atoms. The quantitative estimate of drug-likeness (QED) is 0.461. The van der Waals surface area contributed by atoms with Gasteiger partial charge >= 0.3 is 0 Å². The van der Waals surface area contributed by atoms with Crippen molar-refractivity contribution in [2.75, 3.05) is 5.32 Å². The van der Waals surface area contributed by atoms with E-state index < -0.39 is 5.91 Å². The van der Waals surface area contributed by atoms with Gasteiger partial charge < -0.3 is 10.6 Å². The molecule has 2 aromatic heterocycles. The summed E-state index contributed by atoms with van der Waals surface area (Å²) in [5.41, 5.74) is 2.50. The number of nitrogens with zero attached hydrogens (tertiary/aromatic N) is 3. The van der Waals surface area contributed by atoms with E-state index in [1.54, 1.807) is 30.5 Å². The van der Waals surface area contributed by atoms with E-state index in [-0.39, 0.29) is 17.6 Å². The number of hydrogen-bond acceptors (Lipinski definition) is 4. The summed E-state index contributed by atoms with van der Waals surface area (Å²) in [5.74, 6) is -0.337. The lowest BCUT2D eigenvalue weighted by Gasteiger charge is -2.16. The number of aromatic nitrogens is 3. The van der Waals surface area contributed by atoms with Crippen LogP contribution in [-0.2, 0) is 0 Å². The van der Waals surface area contributed by atoms with E-state index in [1.807, 2.05) is 51.1 Å². The van der Waals surface area contributed by atoms with Gasteiger partial charge in [-0.05, 0) is 50.6 Å². The van der Waals surface area contributed by atoms with Crippen LogP contribution in [0.5, 0.6) is 0 Å². The molecule has 2 aromatic carbocycles. The van der Waals surface area contributed by atoms with Crippen LogP contribution in [0.2, 0.25) is 5.02 Å². The number of anilines is 1. The van der Waals surface area contributed by atoms with Gasteiger partial charge in [0.2, 0.25) is 0 Å². The molecule has 0 unspecified atom stereocenters. The Labute approximate surface area is 190 Å². The van der Waals surface area contributed by atoms with Gasteiger partial charge in [0.15, 0.2) is 5.82 Å². The maximum atomic E-state index is 13.6. The fraction of sp³-hybridized carbons (Fsp3) is 0.167. The molecule has 0 aliphatic carbocycles. The molecule has 0 radical (unpaired) electrons. The number of pyridine rings is 1. The maximum Gasteiger partial charge on any atom is 0.275 e. The summed E-state index contributed by atoms with van der Waals surface area (Å²) in [6.45, 7) is 5.60. The number of fused-ring (bicyclic) bond motifs is 1. The fourth-order valence-electron chi connectivity index (χ4n) is 3.47. The van der Waals surface area contributed by atoms with E-state index in [0.717, 1.165) is 5.56 Å². The first-order valence-electron chi connectivity index (χ1n) is 10.2. The molecule has 4 rings (SSSR count). The highest BCUT2D eigenvalue weighted by atomic mass is 35.5. The summed E-state index contributed by atoms with van der Waals surface area (Å²) in [6.07, 6.45) is 1.59. The number of amides is 2. The average Bonchev–Trinajstić information content (AvgIpc) is 3.14. The number of benzene rings is 2. The minimum Gasteiger partial charge on any atom is -0.350 e. The van der Waals surface area contributed by atoms with Crippen LogP contribution in [0.1, 0.15) is 40.3 Å². The number of nitrogens with one attached hydrogen (secondary N) is 2. The highest BCUT2D eigenvalue weighted by Gasteiger charge is 2.24. The monoisotopic (exact) mass is 447 g/mol. The Morgan fingerprint density at radius 1 is 1.00 bits per heavy atom. The third kappa shape index (κ3) is 4.07. The van der Waals surface area contributed by atoms with Crippen molar-refractivity contribution in [3.8, 4) is 5.82 Å². The third-order valence-corrected chi connectivity index (χ3v) is 5.20. The number of para-hydroxylation sites is 1. The van der Waals surface area contributed by atoms with Crippen LogP contribution in [-0.4, -0.2) is 32.6 Å². The molecule has 0 saturated carbocycles. The summed E-state index contributed by atoms with van der Waals surface area (Å²) in [5, 5.41) is 11.4. The van der Waals surface area contributed by atoms with E-state index >= 15 is 0 Å². The van der Waals surface area contributed by atoms with Crippen molar-refractivity contribution in [3.63, 3.8) is 0 Å². The van der Waals surface area contributed by atoms with Crippen molar-refractivity contribution < 1.29 is 9.59 Å². The molecule has 0 aliphatic rings. The second-order valence-corrected chi connectivity index (χ2v) is 8.07. The number of halogens is 1. The second-order valence-electron chi connectivity index (χ2n) is 7.67. The van der Waals surface area contributed by atoms with E-state index in [4.69, 9.17) is 11.6 Å². The Bertz CT molecular complexity index is 1330. The highest BCUT2D eigenvalue weighted by Crippen LogP contribution is 2.27. The Kier molecular flexibility index (Phi) is 5.92. The Morgan fingerprint density at radius 2 is 1.78 bits per heavy atom. The molecule has 4 aromatic rings. The van der Waals surface area contributed by atoms with Gasteiger partial charge in [0.25, 0.3) is 11.8 Å². The summed E-state index contributed by atoms with van der Waals surface area (Å²) in [6, 6.07) is 16.0. The van der Waals surface area contributed by atoms with Crippen molar-refractivity contribution >= 4 is 40.0 Å². The van der Waals surface area contributed by atoms with Crippen LogP contribution in [0.15, 0.2) is 60.8 Å². The molecule has 0 fully saturated rings. The lowest BCUT2D eigenvalue weighted by molar-refractivity contribution is 0.0944. The molecule has 162 valence electrons. The predicted molar refractivity (Wildman–Crippen MR) is 126 cm³/mol. The van der Waals surface area contributed by atoms with Gasteiger partial charge in [-0.3, -0.25) is 9.59 Å². The Balaban J connectivity index is 1.82. The molecule has 7 nitrogen and oxygen atoms in total. The van der Waals surface area contributed by atoms with Gasteiger partial charge in [0, 0.05) is 17.6 Å². The molecule has 0 saturated heterocycles. The second kappa shape index (κ2) is 8.80. The van der Waals surface area contributed by atoms with Gasteiger partial charge in [0.05, 0.1) is 21.8 Å². The normalized spacial score (nSPS) is 11.0. The lowest BCUT2D eigenvalue weighted by Crippen LogP contribution is -2.31. The van der Waals surface area contributed by atoms with Crippen LogP contribution in [0, 0.1) is 6.92 Å². The molecule has 0 bridgehead atoms. The SMILES string of the molecule is Cc1cccc(C(=O)NC(C)C)c1NC(=O)c1c2ccccc2nn1-c1ncccc1Cl. The summed E-state index contributed by atoms with van der Waals surface area (Å²) in [7, 11) is 0. The van der Waals surface area contributed by atoms with E-state index in [0.29, 0.717) is 33.0 Å². The van der Waals surface area contributed by atoms with Crippen LogP contribution < -0.4 is 10.6 Å². The third-order valence-electron chi connectivity index (χ3n) is 4.91. The van der Waals surface area contributed by atoms with Crippen molar-refractivity contribution in [1.29, 1.82) is 0 Å². The van der Waals surface area contributed by atoms with Gasteiger partial charge in [-0.15, -0.1) is 0 Å². The summed E-state index contributed by atoms with van der Waals surface area (Å²) < 4.78 is 1.44. The lowest BCUT2D eigenvalue weighted by atomic mass is 10.1. The minimum absolute atomic E-state index is 0.0387. The molecule has 2 N–H and O–H groups in total. The molecule has 0 spiro atoms. The molecule has 2 amide bonds. The zero-order valence-corrected chi connectivity index (χ0v) is 18.6. The van der Waals surface area contributed by atoms with Gasteiger partial charge in [-0.2, -0.15) is 5.10 Å².